The van der Waals surface area contributed by atoms with Gasteiger partial charge in [-0.1, -0.05) is 29.8 Å². The quantitative estimate of drug-likeness (QED) is 0.528. The number of pyridine rings is 2. The second kappa shape index (κ2) is 4.78. The molecule has 0 amide bonds. The van der Waals surface area contributed by atoms with Gasteiger partial charge in [0.2, 0.25) is 0 Å². The number of halogens is 1. The summed E-state index contributed by atoms with van der Waals surface area (Å²) >= 11 is 5.71. The number of rotatable bonds is 2. The van der Waals surface area contributed by atoms with Gasteiger partial charge in [-0.25, -0.2) is 4.98 Å². The van der Waals surface area contributed by atoms with E-state index in [1.54, 1.807) is 30.5 Å². The second-order valence-corrected chi connectivity index (χ2v) is 4.50. The van der Waals surface area contributed by atoms with Crippen molar-refractivity contribution in [2.24, 2.45) is 0 Å². The first-order valence-electron chi connectivity index (χ1n) is 5.75. The summed E-state index contributed by atoms with van der Waals surface area (Å²) < 4.78 is 0. The molecule has 3 aromatic rings. The Kier molecular flexibility index (Phi) is 2.97. The third-order valence-electron chi connectivity index (χ3n) is 2.86. The van der Waals surface area contributed by atoms with Crippen LogP contribution in [0.4, 0.5) is 0 Å². The van der Waals surface area contributed by atoms with Crippen molar-refractivity contribution >= 4 is 28.3 Å². The van der Waals surface area contributed by atoms with Gasteiger partial charge in [-0.15, -0.1) is 0 Å². The van der Waals surface area contributed by atoms with Crippen molar-refractivity contribution in [2.75, 3.05) is 0 Å². The summed E-state index contributed by atoms with van der Waals surface area (Å²) in [5.41, 5.74) is 1.91. The van der Waals surface area contributed by atoms with Crippen LogP contribution in [0.3, 0.4) is 0 Å². The van der Waals surface area contributed by atoms with Crippen molar-refractivity contribution in [2.45, 2.75) is 0 Å². The zero-order chi connectivity index (χ0) is 13.2. The van der Waals surface area contributed by atoms with Crippen LogP contribution < -0.4 is 0 Å². The van der Waals surface area contributed by atoms with Crippen LogP contribution in [0, 0.1) is 0 Å². The molecule has 0 spiro atoms. The van der Waals surface area contributed by atoms with Crippen molar-refractivity contribution in [3.05, 3.63) is 71.1 Å². The van der Waals surface area contributed by atoms with Gasteiger partial charge in [-0.3, -0.25) is 9.78 Å². The summed E-state index contributed by atoms with van der Waals surface area (Å²) in [4.78, 5) is 20.5. The Balaban J connectivity index is 2.04. The van der Waals surface area contributed by atoms with E-state index in [2.05, 4.69) is 9.97 Å². The van der Waals surface area contributed by atoms with Crippen molar-refractivity contribution in [1.29, 1.82) is 0 Å². The maximum atomic E-state index is 12.3. The molecule has 0 aliphatic heterocycles. The number of nitrogens with zero attached hydrogens (tertiary/aromatic N) is 2. The molecular weight excluding hydrogens is 260 g/mol. The van der Waals surface area contributed by atoms with Crippen molar-refractivity contribution < 1.29 is 4.79 Å². The lowest BCUT2D eigenvalue weighted by Crippen LogP contribution is -2.01. The van der Waals surface area contributed by atoms with Crippen LogP contribution in [0.25, 0.3) is 10.9 Å². The molecule has 0 N–H and O–H groups in total. The zero-order valence-corrected chi connectivity index (χ0v) is 10.6. The normalized spacial score (nSPS) is 10.6. The van der Waals surface area contributed by atoms with Crippen molar-refractivity contribution in [1.82, 2.24) is 9.97 Å². The third-order valence-corrected chi connectivity index (χ3v) is 3.08. The summed E-state index contributed by atoms with van der Waals surface area (Å²) in [5, 5.41) is 1.38. The highest BCUT2D eigenvalue weighted by atomic mass is 35.5. The molecule has 19 heavy (non-hydrogen) atoms. The van der Waals surface area contributed by atoms with E-state index in [4.69, 9.17) is 11.6 Å². The molecule has 0 fully saturated rings. The van der Waals surface area contributed by atoms with Gasteiger partial charge < -0.3 is 0 Å². The summed E-state index contributed by atoms with van der Waals surface area (Å²) in [7, 11) is 0. The minimum absolute atomic E-state index is 0.0864. The average molecular weight is 269 g/mol. The van der Waals surface area contributed by atoms with E-state index in [0.717, 1.165) is 10.9 Å². The molecule has 3 nitrogen and oxygen atoms in total. The predicted molar refractivity (Wildman–Crippen MR) is 74.4 cm³/mol. The Morgan fingerprint density at radius 3 is 2.63 bits per heavy atom. The van der Waals surface area contributed by atoms with E-state index >= 15 is 0 Å². The molecule has 0 radical (unpaired) electrons. The lowest BCUT2D eigenvalue weighted by atomic mass is 10.0. The summed E-state index contributed by atoms with van der Waals surface area (Å²) in [6.07, 6.45) is 3.19. The van der Waals surface area contributed by atoms with Crippen LogP contribution >= 0.6 is 11.6 Å². The highest BCUT2D eigenvalue weighted by Gasteiger charge is 2.10. The van der Waals surface area contributed by atoms with Crippen LogP contribution in [0.1, 0.15) is 15.9 Å². The van der Waals surface area contributed by atoms with Gasteiger partial charge in [-0.05, 0) is 24.3 Å². The van der Waals surface area contributed by atoms with Crippen LogP contribution in [0.5, 0.6) is 0 Å². The molecule has 2 aromatic heterocycles. The van der Waals surface area contributed by atoms with Gasteiger partial charge in [0.05, 0.1) is 5.52 Å². The monoisotopic (exact) mass is 268 g/mol. The molecule has 0 aliphatic rings. The fourth-order valence-electron chi connectivity index (χ4n) is 1.88. The number of hydrogen-bond acceptors (Lipinski definition) is 3. The minimum atomic E-state index is -0.0864. The highest BCUT2D eigenvalue weighted by molar-refractivity contribution is 6.29. The fraction of sp³-hybridized carbons (Fsp3) is 0. The van der Waals surface area contributed by atoms with Gasteiger partial charge in [0, 0.05) is 28.9 Å². The van der Waals surface area contributed by atoms with Gasteiger partial charge in [0.15, 0.2) is 5.78 Å². The largest absolute Gasteiger partial charge is 0.289 e. The van der Waals surface area contributed by atoms with Gasteiger partial charge in [0.25, 0.3) is 0 Å². The average Bonchev–Trinajstić information content (AvgIpc) is 2.47. The first-order valence-corrected chi connectivity index (χ1v) is 6.13. The van der Waals surface area contributed by atoms with Crippen LogP contribution in [-0.2, 0) is 0 Å². The second-order valence-electron chi connectivity index (χ2n) is 4.11. The standard InChI is InChI=1S/C15H9ClN2O/c16-14-6-5-12(9-18-14)15(19)11-4-3-10-2-1-7-17-13(10)8-11/h1-9H. The number of ketones is 1. The van der Waals surface area contributed by atoms with Gasteiger partial charge >= 0.3 is 0 Å². The third kappa shape index (κ3) is 2.33. The lowest BCUT2D eigenvalue weighted by Gasteiger charge is -2.02. The van der Waals surface area contributed by atoms with Crippen molar-refractivity contribution in [3.8, 4) is 0 Å². The Hall–Kier alpha value is -2.26. The van der Waals surface area contributed by atoms with E-state index in [0.29, 0.717) is 16.3 Å². The topological polar surface area (TPSA) is 42.9 Å². The summed E-state index contributed by atoms with van der Waals surface area (Å²) in [6.45, 7) is 0. The maximum absolute atomic E-state index is 12.3. The number of hydrogen-bond donors (Lipinski definition) is 0. The van der Waals surface area contributed by atoms with E-state index in [1.165, 1.54) is 6.20 Å². The molecule has 0 atom stereocenters. The zero-order valence-electron chi connectivity index (χ0n) is 9.88. The van der Waals surface area contributed by atoms with Crippen LogP contribution in [0.2, 0.25) is 5.15 Å². The van der Waals surface area contributed by atoms with E-state index in [1.807, 2.05) is 18.2 Å². The van der Waals surface area contributed by atoms with Crippen LogP contribution in [0.15, 0.2) is 54.9 Å². The Morgan fingerprint density at radius 1 is 1.00 bits per heavy atom. The lowest BCUT2D eigenvalue weighted by molar-refractivity contribution is 0.103. The molecule has 92 valence electrons. The van der Waals surface area contributed by atoms with Gasteiger partial charge in [0.1, 0.15) is 5.15 Å². The molecule has 0 bridgehead atoms. The molecule has 0 saturated heterocycles. The highest BCUT2D eigenvalue weighted by Crippen LogP contribution is 2.16. The Bertz CT molecular complexity index is 753. The first-order chi connectivity index (χ1) is 9.24. The molecule has 0 aliphatic carbocycles. The minimum Gasteiger partial charge on any atom is -0.289 e. The fourth-order valence-corrected chi connectivity index (χ4v) is 2.00. The predicted octanol–water partition coefficient (Wildman–Crippen LogP) is 3.51. The number of carbonyl (C=O) groups is 1. The number of benzene rings is 1. The number of fused-ring (bicyclic) bond motifs is 1. The van der Waals surface area contributed by atoms with E-state index in [-0.39, 0.29) is 5.78 Å². The Labute approximate surface area is 114 Å². The van der Waals surface area contributed by atoms with E-state index in [9.17, 15) is 4.79 Å². The number of carbonyl (C=O) groups excluding carboxylic acids is 1. The molecule has 3 rings (SSSR count). The smallest absolute Gasteiger partial charge is 0.194 e. The van der Waals surface area contributed by atoms with Crippen LogP contribution in [-0.4, -0.2) is 15.8 Å². The van der Waals surface area contributed by atoms with Gasteiger partial charge in [-0.2, -0.15) is 0 Å². The first kappa shape index (κ1) is 11.8. The summed E-state index contributed by atoms with van der Waals surface area (Å²) in [5.74, 6) is -0.0864. The SMILES string of the molecule is O=C(c1ccc(Cl)nc1)c1ccc2cccnc2c1. The molecular formula is C15H9ClN2O. The molecule has 0 saturated carbocycles. The van der Waals surface area contributed by atoms with Crippen molar-refractivity contribution in [3.63, 3.8) is 0 Å². The Morgan fingerprint density at radius 2 is 1.84 bits per heavy atom. The van der Waals surface area contributed by atoms with E-state index < -0.39 is 0 Å². The molecule has 2 heterocycles. The number of aromatic nitrogens is 2. The molecule has 1 aromatic carbocycles. The maximum Gasteiger partial charge on any atom is 0.194 e. The molecule has 4 heteroatoms. The summed E-state index contributed by atoms with van der Waals surface area (Å²) in [6, 6.07) is 12.6. The molecule has 0 unspecified atom stereocenters.